The van der Waals surface area contributed by atoms with Crippen molar-refractivity contribution in [2.75, 3.05) is 0 Å². The van der Waals surface area contributed by atoms with Crippen LogP contribution in [-0.2, 0) is 4.79 Å². The summed E-state index contributed by atoms with van der Waals surface area (Å²) >= 11 is 0. The Kier molecular flexibility index (Phi) is 29.4. The summed E-state index contributed by atoms with van der Waals surface area (Å²) in [6.45, 7) is 2.21. The number of hydrogen-bond donors (Lipinski definition) is 2. The molecule has 0 fully saturated rings. The van der Waals surface area contributed by atoms with Crippen molar-refractivity contribution in [3.8, 4) is 0 Å². The zero-order chi connectivity index (χ0) is 15.8. The van der Waals surface area contributed by atoms with Crippen LogP contribution >= 0.6 is 0 Å². The van der Waals surface area contributed by atoms with Gasteiger partial charge in [-0.1, -0.05) is 77.6 Å². The Labute approximate surface area is 185 Å². The van der Waals surface area contributed by atoms with Gasteiger partial charge in [0, 0.05) is 6.42 Å². The van der Waals surface area contributed by atoms with Crippen molar-refractivity contribution in [3.05, 3.63) is 0 Å². The first-order valence-electron chi connectivity index (χ1n) is 9.06. The van der Waals surface area contributed by atoms with Crippen LogP contribution in [0.25, 0.3) is 0 Å². The fraction of sp³-hybridized carbons (Fsp3) is 0.944. The Morgan fingerprint density at radius 1 is 0.783 bits per heavy atom. The van der Waals surface area contributed by atoms with Gasteiger partial charge in [-0.3, -0.25) is 4.79 Å². The molecule has 0 amide bonds. The summed E-state index contributed by atoms with van der Waals surface area (Å²) < 4.78 is 0. The van der Waals surface area contributed by atoms with Gasteiger partial charge in [0.15, 0.2) is 0 Å². The second kappa shape index (κ2) is 23.3. The molecule has 0 aromatic carbocycles. The number of aliphatic carboxylic acids is 1. The van der Waals surface area contributed by atoms with E-state index in [-0.39, 0.29) is 62.7 Å². The molecule has 23 heavy (non-hydrogen) atoms. The third-order valence-electron chi connectivity index (χ3n) is 4.07. The molecule has 5 heteroatoms. The normalized spacial score (nSPS) is 11.4. The standard InChI is InChI=1S/C18H36O3.Ca.Li.3H/c1-2-3-4-11-14-17(19)15-12-9-7-5-6-8-10-13-16-18(20)21;;;;;/h17,19H,2-16H2,1H3,(H,20,21);;;;;. The molecule has 0 aliphatic carbocycles. The van der Waals surface area contributed by atoms with E-state index in [1.165, 1.54) is 51.4 Å². The van der Waals surface area contributed by atoms with Gasteiger partial charge in [0.25, 0.3) is 0 Å². The Balaban J connectivity index is -0.00000200. The van der Waals surface area contributed by atoms with Crippen LogP contribution in [0.5, 0.6) is 0 Å². The fourth-order valence-corrected chi connectivity index (χ4v) is 2.67. The molecule has 0 aliphatic heterocycles. The average molecular weight is 351 g/mol. The van der Waals surface area contributed by atoms with Crippen LogP contribution in [0.15, 0.2) is 0 Å². The van der Waals surface area contributed by atoms with Crippen LogP contribution in [0.4, 0.5) is 0 Å². The molecule has 0 rings (SSSR count). The van der Waals surface area contributed by atoms with Crippen LogP contribution in [0.1, 0.15) is 103 Å². The zero-order valence-electron chi connectivity index (χ0n) is 14.0. The quantitative estimate of drug-likeness (QED) is 0.329. The molecule has 1 unspecified atom stereocenters. The van der Waals surface area contributed by atoms with Gasteiger partial charge in [0.2, 0.25) is 0 Å². The third kappa shape index (κ3) is 25.6. The second-order valence-electron chi connectivity index (χ2n) is 6.26. The van der Waals surface area contributed by atoms with Gasteiger partial charge < -0.3 is 10.2 Å². The van der Waals surface area contributed by atoms with Crippen LogP contribution in [-0.4, -0.2) is 78.9 Å². The number of carboxylic acids is 1. The van der Waals surface area contributed by atoms with E-state index < -0.39 is 5.97 Å². The summed E-state index contributed by atoms with van der Waals surface area (Å²) in [5.41, 5.74) is 0. The number of aliphatic hydroxyl groups is 1. The van der Waals surface area contributed by atoms with Crippen molar-refractivity contribution in [1.82, 2.24) is 0 Å². The van der Waals surface area contributed by atoms with E-state index in [1.807, 2.05) is 0 Å². The number of carboxylic acid groups (broad SMARTS) is 1. The van der Waals surface area contributed by atoms with Gasteiger partial charge in [-0.25, -0.2) is 0 Å². The van der Waals surface area contributed by atoms with Gasteiger partial charge in [-0.2, -0.15) is 0 Å². The summed E-state index contributed by atoms with van der Waals surface area (Å²) in [5, 5.41) is 18.4. The molecule has 2 N–H and O–H groups in total. The molecule has 3 nitrogen and oxygen atoms in total. The summed E-state index contributed by atoms with van der Waals surface area (Å²) in [6.07, 6.45) is 16.3. The van der Waals surface area contributed by atoms with Crippen molar-refractivity contribution in [1.29, 1.82) is 0 Å². The molecular weight excluding hydrogens is 311 g/mol. The van der Waals surface area contributed by atoms with Crippen molar-refractivity contribution in [2.45, 2.75) is 109 Å². The maximum absolute atomic E-state index is 10.3. The minimum absolute atomic E-state index is 0. The van der Waals surface area contributed by atoms with Gasteiger partial charge >= 0.3 is 62.6 Å². The van der Waals surface area contributed by atoms with E-state index in [4.69, 9.17) is 5.11 Å². The van der Waals surface area contributed by atoms with E-state index in [0.29, 0.717) is 6.42 Å². The van der Waals surface area contributed by atoms with E-state index in [1.54, 1.807) is 0 Å². The summed E-state index contributed by atoms with van der Waals surface area (Å²) in [5.74, 6) is -0.678. The van der Waals surface area contributed by atoms with Gasteiger partial charge in [-0.15, -0.1) is 0 Å². The van der Waals surface area contributed by atoms with Crippen molar-refractivity contribution < 1.29 is 15.0 Å². The van der Waals surface area contributed by atoms with Crippen LogP contribution < -0.4 is 0 Å². The van der Waals surface area contributed by atoms with E-state index in [2.05, 4.69) is 6.92 Å². The number of hydrogen-bond acceptors (Lipinski definition) is 2. The second-order valence-corrected chi connectivity index (χ2v) is 6.26. The molecule has 132 valence electrons. The Bertz CT molecular complexity index is 240. The SMILES string of the molecule is CCCCCCC(O)CCCCCCCCCCC(=O)O.[CaH2].[LiH]. The molecule has 0 aromatic heterocycles. The average Bonchev–Trinajstić information content (AvgIpc) is 2.45. The molecule has 0 aromatic rings. The first kappa shape index (κ1) is 29.1. The van der Waals surface area contributed by atoms with Crippen LogP contribution in [0.2, 0.25) is 0 Å². The minimum atomic E-state index is -0.678. The van der Waals surface area contributed by atoms with Crippen molar-refractivity contribution in [3.63, 3.8) is 0 Å². The Morgan fingerprint density at radius 2 is 1.17 bits per heavy atom. The van der Waals surface area contributed by atoms with Crippen LogP contribution in [0.3, 0.4) is 0 Å². The van der Waals surface area contributed by atoms with Crippen molar-refractivity contribution in [2.24, 2.45) is 0 Å². The molecule has 0 bridgehead atoms. The third-order valence-corrected chi connectivity index (χ3v) is 4.07. The molecule has 1 atom stereocenters. The van der Waals surface area contributed by atoms with Gasteiger partial charge in [0.05, 0.1) is 6.10 Å². The monoisotopic (exact) mass is 350 g/mol. The van der Waals surface area contributed by atoms with Crippen molar-refractivity contribution >= 4 is 62.6 Å². The molecule has 0 spiro atoms. The number of aliphatic hydroxyl groups excluding tert-OH is 1. The molecular formula is C18H39CaLiO3. The number of rotatable bonds is 16. The first-order valence-corrected chi connectivity index (χ1v) is 9.06. The topological polar surface area (TPSA) is 57.5 Å². The molecule has 0 heterocycles. The molecule has 0 aliphatic rings. The van der Waals surface area contributed by atoms with E-state index in [0.717, 1.165) is 38.5 Å². The Hall–Kier alpha value is 1.29. The fourth-order valence-electron chi connectivity index (χ4n) is 2.67. The van der Waals surface area contributed by atoms with E-state index >= 15 is 0 Å². The number of carbonyl (C=O) groups is 1. The molecule has 0 radical (unpaired) electrons. The number of unbranched alkanes of at least 4 members (excludes halogenated alkanes) is 10. The summed E-state index contributed by atoms with van der Waals surface area (Å²) in [4.78, 5) is 10.3. The predicted octanol–water partition coefficient (Wildman–Crippen LogP) is 3.74. The van der Waals surface area contributed by atoms with Crippen LogP contribution in [0, 0.1) is 0 Å². The molecule has 0 saturated heterocycles. The first-order chi connectivity index (χ1) is 10.2. The zero-order valence-corrected chi connectivity index (χ0v) is 14.0. The molecule has 0 saturated carbocycles. The van der Waals surface area contributed by atoms with Gasteiger partial charge in [0.1, 0.15) is 0 Å². The van der Waals surface area contributed by atoms with Gasteiger partial charge in [-0.05, 0) is 19.3 Å². The maximum atomic E-state index is 10.3. The summed E-state index contributed by atoms with van der Waals surface area (Å²) in [6, 6.07) is 0. The summed E-state index contributed by atoms with van der Waals surface area (Å²) in [7, 11) is 0. The Morgan fingerprint density at radius 3 is 1.61 bits per heavy atom. The predicted molar refractivity (Wildman–Crippen MR) is 104 cm³/mol. The van der Waals surface area contributed by atoms with E-state index in [9.17, 15) is 9.90 Å².